The summed E-state index contributed by atoms with van der Waals surface area (Å²) in [6.45, 7) is 9.46. The van der Waals surface area contributed by atoms with Gasteiger partial charge in [0.1, 0.15) is 11.1 Å². The van der Waals surface area contributed by atoms with E-state index in [4.69, 9.17) is 0 Å². The van der Waals surface area contributed by atoms with Gasteiger partial charge in [-0.2, -0.15) is 5.26 Å². The number of quaternary nitrogens is 1. The summed E-state index contributed by atoms with van der Waals surface area (Å²) in [4.78, 5) is 15.2. The van der Waals surface area contributed by atoms with Crippen molar-refractivity contribution in [3.05, 3.63) is 16.0 Å². The number of nitrogens with one attached hydrogen (secondary N) is 2. The number of rotatable bonds is 3. The molecule has 1 fully saturated rings. The maximum absolute atomic E-state index is 12.5. The van der Waals surface area contributed by atoms with Crippen molar-refractivity contribution in [3.8, 4) is 6.07 Å². The second-order valence-corrected chi connectivity index (χ2v) is 9.10. The molecule has 2 aliphatic rings. The number of carbonyl (C=O) groups is 1. The van der Waals surface area contributed by atoms with Crippen LogP contribution in [0.2, 0.25) is 0 Å². The van der Waals surface area contributed by atoms with Crippen LogP contribution < -0.4 is 10.2 Å². The van der Waals surface area contributed by atoms with Crippen LogP contribution in [-0.4, -0.2) is 25.5 Å². The number of amides is 1. The summed E-state index contributed by atoms with van der Waals surface area (Å²) >= 11 is 1.62. The zero-order valence-corrected chi connectivity index (χ0v) is 15.8. The second kappa shape index (κ2) is 7.25. The van der Waals surface area contributed by atoms with Gasteiger partial charge in [0, 0.05) is 16.7 Å². The summed E-state index contributed by atoms with van der Waals surface area (Å²) in [5.74, 6) is 2.09. The fourth-order valence-corrected chi connectivity index (χ4v) is 5.80. The molecule has 2 N–H and O–H groups in total. The van der Waals surface area contributed by atoms with Crippen LogP contribution in [0.4, 0.5) is 5.00 Å². The summed E-state index contributed by atoms with van der Waals surface area (Å²) < 4.78 is 0. The third kappa shape index (κ3) is 3.81. The van der Waals surface area contributed by atoms with Crippen molar-refractivity contribution in [2.45, 2.75) is 46.5 Å². The molecule has 3 rings (SSSR count). The SMILES string of the molecule is C[C@H]1CCc2c(sc(NC(=O)C[NH+]3C[C@@H](C)C[C@H](C)C3)c2C#N)C1. The summed E-state index contributed by atoms with van der Waals surface area (Å²) in [5.41, 5.74) is 1.90. The quantitative estimate of drug-likeness (QED) is 0.882. The molecule has 2 heterocycles. The molecule has 0 unspecified atom stereocenters. The average Bonchev–Trinajstić information content (AvgIpc) is 2.81. The highest BCUT2D eigenvalue weighted by Crippen LogP contribution is 2.39. The van der Waals surface area contributed by atoms with Gasteiger partial charge in [-0.05, 0) is 37.2 Å². The van der Waals surface area contributed by atoms with Gasteiger partial charge in [0.05, 0.1) is 18.7 Å². The standard InChI is InChI=1S/C19H27N3OS/c1-12-4-5-15-16(8-20)19(24-17(15)7-12)21-18(23)11-22-9-13(2)6-14(3)10-22/h12-14H,4-7,9-11H2,1-3H3,(H,21,23)/p+1/t12-,13-,14-/m0/s1. The van der Waals surface area contributed by atoms with E-state index >= 15 is 0 Å². The van der Waals surface area contributed by atoms with E-state index in [1.165, 1.54) is 21.8 Å². The number of carbonyl (C=O) groups excluding carboxylic acids is 1. The number of thiophene rings is 1. The van der Waals surface area contributed by atoms with E-state index in [2.05, 4.69) is 32.2 Å². The lowest BCUT2D eigenvalue weighted by molar-refractivity contribution is -0.904. The van der Waals surface area contributed by atoms with Crippen LogP contribution in [0.5, 0.6) is 0 Å². The molecule has 0 saturated carbocycles. The molecule has 0 aromatic carbocycles. The molecule has 0 radical (unpaired) electrons. The Morgan fingerprint density at radius 2 is 2.00 bits per heavy atom. The number of likely N-dealkylation sites (tertiary alicyclic amines) is 1. The summed E-state index contributed by atoms with van der Waals surface area (Å²) in [5, 5.41) is 13.4. The minimum atomic E-state index is 0.0504. The molecule has 130 valence electrons. The number of hydrogen-bond acceptors (Lipinski definition) is 3. The van der Waals surface area contributed by atoms with E-state index < -0.39 is 0 Å². The van der Waals surface area contributed by atoms with Crippen LogP contribution in [-0.2, 0) is 17.6 Å². The normalized spacial score (nSPS) is 29.6. The van der Waals surface area contributed by atoms with Crippen LogP contribution in [0.3, 0.4) is 0 Å². The molecule has 1 amide bonds. The van der Waals surface area contributed by atoms with E-state index in [-0.39, 0.29) is 5.91 Å². The van der Waals surface area contributed by atoms with Crippen molar-refractivity contribution in [1.29, 1.82) is 5.26 Å². The Labute approximate surface area is 148 Å². The van der Waals surface area contributed by atoms with Gasteiger partial charge in [0.2, 0.25) is 0 Å². The molecule has 1 aromatic rings. The smallest absolute Gasteiger partial charge is 0.280 e. The highest BCUT2D eigenvalue weighted by Gasteiger charge is 2.28. The predicted molar refractivity (Wildman–Crippen MR) is 97.4 cm³/mol. The van der Waals surface area contributed by atoms with E-state index in [1.54, 1.807) is 11.3 Å². The lowest BCUT2D eigenvalue weighted by atomic mass is 9.88. The van der Waals surface area contributed by atoms with Crippen molar-refractivity contribution in [2.75, 3.05) is 25.0 Å². The molecule has 5 heteroatoms. The molecule has 4 nitrogen and oxygen atoms in total. The lowest BCUT2D eigenvalue weighted by Gasteiger charge is -2.31. The lowest BCUT2D eigenvalue weighted by Crippen LogP contribution is -3.15. The largest absolute Gasteiger partial charge is 0.327 e. The summed E-state index contributed by atoms with van der Waals surface area (Å²) in [7, 11) is 0. The predicted octanol–water partition coefficient (Wildman–Crippen LogP) is 2.24. The molecular weight excluding hydrogens is 318 g/mol. The third-order valence-electron chi connectivity index (χ3n) is 5.37. The maximum atomic E-state index is 12.5. The first kappa shape index (κ1) is 17.4. The van der Waals surface area contributed by atoms with E-state index in [0.29, 0.717) is 29.9 Å². The van der Waals surface area contributed by atoms with E-state index in [1.807, 2.05) is 0 Å². The zero-order valence-electron chi connectivity index (χ0n) is 14.9. The van der Waals surface area contributed by atoms with E-state index in [0.717, 1.165) is 37.4 Å². The van der Waals surface area contributed by atoms with Gasteiger partial charge in [0.25, 0.3) is 5.91 Å². The molecule has 1 aliphatic carbocycles. The van der Waals surface area contributed by atoms with Gasteiger partial charge in [0.15, 0.2) is 6.54 Å². The van der Waals surface area contributed by atoms with Crippen molar-refractivity contribution >= 4 is 22.2 Å². The van der Waals surface area contributed by atoms with Crippen LogP contribution in [0.25, 0.3) is 0 Å². The number of hydrogen-bond donors (Lipinski definition) is 2. The second-order valence-electron chi connectivity index (χ2n) is 8.00. The fraction of sp³-hybridized carbons (Fsp3) is 0.684. The first-order valence-electron chi connectivity index (χ1n) is 9.14. The van der Waals surface area contributed by atoms with Gasteiger partial charge in [-0.15, -0.1) is 11.3 Å². The summed E-state index contributed by atoms with van der Waals surface area (Å²) in [6.07, 6.45) is 4.41. The molecular formula is C19H28N3OS+. The minimum absolute atomic E-state index is 0.0504. The van der Waals surface area contributed by atoms with Crippen LogP contribution in [0, 0.1) is 29.1 Å². The molecule has 24 heavy (non-hydrogen) atoms. The molecule has 3 atom stereocenters. The van der Waals surface area contributed by atoms with Crippen LogP contribution in [0.1, 0.15) is 49.6 Å². The number of anilines is 1. The summed E-state index contributed by atoms with van der Waals surface area (Å²) in [6, 6.07) is 2.33. The number of piperidine rings is 1. The van der Waals surface area contributed by atoms with Crippen molar-refractivity contribution < 1.29 is 9.69 Å². The van der Waals surface area contributed by atoms with Crippen LogP contribution >= 0.6 is 11.3 Å². The minimum Gasteiger partial charge on any atom is -0.327 e. The Bertz CT molecular complexity index is 650. The van der Waals surface area contributed by atoms with Gasteiger partial charge in [-0.25, -0.2) is 0 Å². The van der Waals surface area contributed by atoms with E-state index in [9.17, 15) is 10.1 Å². The van der Waals surface area contributed by atoms with Gasteiger partial charge < -0.3 is 10.2 Å². The van der Waals surface area contributed by atoms with Gasteiger partial charge in [-0.1, -0.05) is 20.8 Å². The molecule has 1 saturated heterocycles. The topological polar surface area (TPSA) is 57.3 Å². The first-order valence-corrected chi connectivity index (χ1v) is 9.96. The molecule has 0 spiro atoms. The first-order chi connectivity index (χ1) is 11.5. The Hall–Kier alpha value is -1.38. The maximum Gasteiger partial charge on any atom is 0.280 e. The Balaban J connectivity index is 1.67. The molecule has 0 bridgehead atoms. The number of fused-ring (bicyclic) bond motifs is 1. The van der Waals surface area contributed by atoms with Crippen molar-refractivity contribution in [2.24, 2.45) is 17.8 Å². The highest BCUT2D eigenvalue weighted by molar-refractivity contribution is 7.16. The Morgan fingerprint density at radius 3 is 2.67 bits per heavy atom. The van der Waals surface area contributed by atoms with Crippen LogP contribution in [0.15, 0.2) is 0 Å². The van der Waals surface area contributed by atoms with Crippen molar-refractivity contribution in [1.82, 2.24) is 0 Å². The average molecular weight is 347 g/mol. The third-order valence-corrected chi connectivity index (χ3v) is 6.54. The zero-order chi connectivity index (χ0) is 17.3. The van der Waals surface area contributed by atoms with Crippen molar-refractivity contribution in [3.63, 3.8) is 0 Å². The Kier molecular flexibility index (Phi) is 5.27. The number of nitrogens with zero attached hydrogens (tertiary/aromatic N) is 1. The van der Waals surface area contributed by atoms with Gasteiger partial charge in [-0.3, -0.25) is 4.79 Å². The highest BCUT2D eigenvalue weighted by atomic mass is 32.1. The number of nitriles is 1. The Morgan fingerprint density at radius 1 is 1.29 bits per heavy atom. The fourth-order valence-electron chi connectivity index (χ4n) is 4.42. The molecule has 1 aromatic heterocycles. The molecule has 1 aliphatic heterocycles. The van der Waals surface area contributed by atoms with Gasteiger partial charge >= 0.3 is 0 Å². The monoisotopic (exact) mass is 346 g/mol.